The standard InChI is InChI=1S/C13H13N4O2/c1-17-11-4-2-9(6-8(11)7-14-17)15-10-3-5-12(18)16-13(10)19/h2,4,6-7,10H,3,5H2,1H3,(H,16,18,19)/q-1. The van der Waals surface area contributed by atoms with Gasteiger partial charge in [-0.25, -0.2) is 0 Å². The molecule has 1 aliphatic heterocycles. The molecule has 0 spiro atoms. The number of rotatable bonds is 2. The van der Waals surface area contributed by atoms with Gasteiger partial charge in [0, 0.05) is 18.9 Å². The van der Waals surface area contributed by atoms with Gasteiger partial charge in [0.1, 0.15) is 0 Å². The number of nitrogens with zero attached hydrogens (tertiary/aromatic N) is 3. The van der Waals surface area contributed by atoms with Crippen LogP contribution >= 0.6 is 0 Å². The predicted molar refractivity (Wildman–Crippen MR) is 69.9 cm³/mol. The molecule has 1 aromatic heterocycles. The maximum absolute atomic E-state index is 11.6. The van der Waals surface area contributed by atoms with Gasteiger partial charge in [-0.05, 0) is 18.5 Å². The van der Waals surface area contributed by atoms with Crippen molar-refractivity contribution in [2.75, 3.05) is 0 Å². The van der Waals surface area contributed by atoms with Gasteiger partial charge in [-0.1, -0.05) is 12.1 Å². The summed E-state index contributed by atoms with van der Waals surface area (Å²) < 4.78 is 1.78. The normalized spacial score (nSPS) is 19.5. The molecular weight excluding hydrogens is 244 g/mol. The van der Waals surface area contributed by atoms with Crippen LogP contribution in [0.2, 0.25) is 0 Å². The van der Waals surface area contributed by atoms with Crippen molar-refractivity contribution >= 4 is 28.4 Å². The van der Waals surface area contributed by atoms with E-state index in [1.807, 2.05) is 25.2 Å². The van der Waals surface area contributed by atoms with Crippen molar-refractivity contribution in [1.82, 2.24) is 15.1 Å². The van der Waals surface area contributed by atoms with Crippen LogP contribution in [0.5, 0.6) is 0 Å². The molecule has 1 atom stereocenters. The second-order valence-corrected chi connectivity index (χ2v) is 4.61. The van der Waals surface area contributed by atoms with Crippen LogP contribution in [-0.4, -0.2) is 27.6 Å². The van der Waals surface area contributed by atoms with Crippen LogP contribution < -0.4 is 5.32 Å². The van der Waals surface area contributed by atoms with Crippen molar-refractivity contribution < 1.29 is 9.59 Å². The number of piperidine rings is 1. The lowest BCUT2D eigenvalue weighted by atomic mass is 10.1. The summed E-state index contributed by atoms with van der Waals surface area (Å²) in [6, 6.07) is 5.19. The number of aromatic nitrogens is 2. The molecule has 1 N–H and O–H groups in total. The van der Waals surface area contributed by atoms with Crippen LogP contribution in [0.4, 0.5) is 5.69 Å². The maximum Gasteiger partial charge on any atom is 0.226 e. The van der Waals surface area contributed by atoms with E-state index in [9.17, 15) is 9.59 Å². The van der Waals surface area contributed by atoms with E-state index in [0.29, 0.717) is 12.8 Å². The van der Waals surface area contributed by atoms with Crippen LogP contribution in [0, 0.1) is 0 Å². The fourth-order valence-electron chi connectivity index (χ4n) is 2.22. The van der Waals surface area contributed by atoms with Gasteiger partial charge in [-0.3, -0.25) is 19.6 Å². The molecule has 0 saturated carbocycles. The largest absolute Gasteiger partial charge is 0.674 e. The zero-order valence-electron chi connectivity index (χ0n) is 10.5. The van der Waals surface area contributed by atoms with Crippen LogP contribution in [0.3, 0.4) is 0 Å². The summed E-state index contributed by atoms with van der Waals surface area (Å²) >= 11 is 0. The number of benzene rings is 1. The Morgan fingerprint density at radius 3 is 3.05 bits per heavy atom. The Morgan fingerprint density at radius 2 is 2.26 bits per heavy atom. The zero-order valence-corrected chi connectivity index (χ0v) is 10.5. The summed E-state index contributed by atoms with van der Waals surface area (Å²) in [4.78, 5) is 22.7. The van der Waals surface area contributed by atoms with Crippen molar-refractivity contribution in [2.24, 2.45) is 7.05 Å². The maximum atomic E-state index is 11.6. The summed E-state index contributed by atoms with van der Waals surface area (Å²) in [5.74, 6) is -0.540. The zero-order chi connectivity index (χ0) is 13.4. The van der Waals surface area contributed by atoms with E-state index in [1.54, 1.807) is 10.9 Å². The molecule has 1 fully saturated rings. The van der Waals surface area contributed by atoms with E-state index in [-0.39, 0.29) is 11.8 Å². The average Bonchev–Trinajstić information content (AvgIpc) is 2.74. The van der Waals surface area contributed by atoms with Crippen molar-refractivity contribution in [3.05, 3.63) is 29.7 Å². The topological polar surface area (TPSA) is 78.1 Å². The first-order valence-corrected chi connectivity index (χ1v) is 6.10. The highest BCUT2D eigenvalue weighted by atomic mass is 16.2. The number of amides is 2. The first kappa shape index (κ1) is 11.7. The fourth-order valence-corrected chi connectivity index (χ4v) is 2.22. The van der Waals surface area contributed by atoms with E-state index >= 15 is 0 Å². The van der Waals surface area contributed by atoms with E-state index in [2.05, 4.69) is 15.7 Å². The highest BCUT2D eigenvalue weighted by Crippen LogP contribution is 2.28. The lowest BCUT2D eigenvalue weighted by Crippen LogP contribution is -2.43. The second-order valence-electron chi connectivity index (χ2n) is 4.61. The number of carbonyl (C=O) groups excluding carboxylic acids is 2. The molecule has 6 heteroatoms. The Kier molecular flexibility index (Phi) is 2.70. The Morgan fingerprint density at radius 1 is 1.42 bits per heavy atom. The van der Waals surface area contributed by atoms with Gasteiger partial charge >= 0.3 is 0 Å². The summed E-state index contributed by atoms with van der Waals surface area (Å²) in [6.07, 6.45) is 2.57. The highest BCUT2D eigenvalue weighted by molar-refractivity contribution is 6.02. The van der Waals surface area contributed by atoms with Gasteiger partial charge in [-0.15, -0.1) is 5.69 Å². The monoisotopic (exact) mass is 257 g/mol. The van der Waals surface area contributed by atoms with Gasteiger partial charge in [0.2, 0.25) is 11.8 Å². The van der Waals surface area contributed by atoms with Crippen molar-refractivity contribution in [1.29, 1.82) is 0 Å². The number of carbonyl (C=O) groups is 2. The molecule has 1 aliphatic rings. The quantitative estimate of drug-likeness (QED) is 0.825. The molecule has 0 bridgehead atoms. The molecular formula is C13H13N4O2-. The van der Waals surface area contributed by atoms with Crippen molar-refractivity contribution in [3.63, 3.8) is 0 Å². The van der Waals surface area contributed by atoms with Crippen molar-refractivity contribution in [3.8, 4) is 0 Å². The summed E-state index contributed by atoms with van der Waals surface area (Å²) in [6.45, 7) is 0. The number of aryl methyl sites for hydroxylation is 1. The Labute approximate surface area is 109 Å². The number of hydrogen-bond acceptors (Lipinski definition) is 3. The third-order valence-electron chi connectivity index (χ3n) is 3.24. The van der Waals surface area contributed by atoms with Gasteiger partial charge in [0.05, 0.1) is 11.7 Å². The Hall–Kier alpha value is -2.37. The van der Waals surface area contributed by atoms with Crippen LogP contribution in [-0.2, 0) is 16.6 Å². The van der Waals surface area contributed by atoms with E-state index in [0.717, 1.165) is 16.6 Å². The Bertz CT molecular complexity index is 662. The average molecular weight is 257 g/mol. The molecule has 6 nitrogen and oxygen atoms in total. The molecule has 3 rings (SSSR count). The Balaban J connectivity index is 1.81. The predicted octanol–water partition coefficient (Wildman–Crippen LogP) is 1.38. The summed E-state index contributed by atoms with van der Waals surface area (Å²) in [5.41, 5.74) is 1.75. The smallest absolute Gasteiger partial charge is 0.226 e. The van der Waals surface area contributed by atoms with Crippen LogP contribution in [0.25, 0.3) is 16.2 Å². The number of nitrogens with one attached hydrogen (secondary N) is 1. The fraction of sp³-hybridized carbons (Fsp3) is 0.308. The molecule has 2 amide bonds. The van der Waals surface area contributed by atoms with E-state index in [4.69, 9.17) is 0 Å². The number of imide groups is 1. The molecule has 0 aliphatic carbocycles. The van der Waals surface area contributed by atoms with Gasteiger partial charge in [0.25, 0.3) is 0 Å². The van der Waals surface area contributed by atoms with Gasteiger partial charge in [0.15, 0.2) is 0 Å². The molecule has 2 aromatic rings. The lowest BCUT2D eigenvalue weighted by molar-refractivity contribution is -0.133. The SMILES string of the molecule is Cn1ncc2cc([N-]C3CCC(=O)NC3=O)ccc21. The van der Waals surface area contributed by atoms with Gasteiger partial charge in [-0.2, -0.15) is 5.10 Å². The molecule has 1 unspecified atom stereocenters. The number of fused-ring (bicyclic) bond motifs is 1. The molecule has 0 radical (unpaired) electrons. The summed E-state index contributed by atoms with van der Waals surface area (Å²) in [5, 5.41) is 11.8. The molecule has 19 heavy (non-hydrogen) atoms. The molecule has 98 valence electrons. The lowest BCUT2D eigenvalue weighted by Gasteiger charge is -2.34. The number of hydrogen-bond donors (Lipinski definition) is 1. The minimum absolute atomic E-state index is 0.223. The van der Waals surface area contributed by atoms with Crippen molar-refractivity contribution in [2.45, 2.75) is 18.9 Å². The molecule has 2 heterocycles. The summed E-state index contributed by atoms with van der Waals surface area (Å²) in [7, 11) is 1.87. The van der Waals surface area contributed by atoms with Crippen LogP contribution in [0.15, 0.2) is 24.4 Å². The minimum Gasteiger partial charge on any atom is -0.674 e. The first-order chi connectivity index (χ1) is 9.13. The van der Waals surface area contributed by atoms with Gasteiger partial charge < -0.3 is 5.32 Å². The van der Waals surface area contributed by atoms with E-state index in [1.165, 1.54) is 0 Å². The third-order valence-corrected chi connectivity index (χ3v) is 3.24. The minimum atomic E-state index is -0.480. The highest BCUT2D eigenvalue weighted by Gasteiger charge is 2.19. The molecule has 1 saturated heterocycles. The van der Waals surface area contributed by atoms with E-state index < -0.39 is 6.04 Å². The van der Waals surface area contributed by atoms with Crippen LogP contribution in [0.1, 0.15) is 12.8 Å². The first-order valence-electron chi connectivity index (χ1n) is 6.10. The molecule has 1 aromatic carbocycles. The second kappa shape index (κ2) is 4.38. The third kappa shape index (κ3) is 2.16.